The van der Waals surface area contributed by atoms with Gasteiger partial charge in [0.15, 0.2) is 5.76 Å². The lowest BCUT2D eigenvalue weighted by Crippen LogP contribution is -2.22. The van der Waals surface area contributed by atoms with Crippen molar-refractivity contribution in [2.24, 2.45) is 0 Å². The molecule has 2 aromatic heterocycles. The Morgan fingerprint density at radius 1 is 1.29 bits per heavy atom. The molecule has 0 saturated carbocycles. The van der Waals surface area contributed by atoms with Gasteiger partial charge >= 0.3 is 0 Å². The first-order valence-electron chi connectivity index (χ1n) is 9.32. The van der Waals surface area contributed by atoms with Crippen LogP contribution in [0.2, 0.25) is 0 Å². The molecule has 1 amide bonds. The Kier molecular flexibility index (Phi) is 6.32. The summed E-state index contributed by atoms with van der Waals surface area (Å²) in [5.41, 5.74) is 3.10. The molecule has 3 rings (SSSR count). The molecule has 0 fully saturated rings. The molecule has 0 atom stereocenters. The van der Waals surface area contributed by atoms with Gasteiger partial charge in [-0.1, -0.05) is 24.3 Å². The number of benzene rings is 1. The third-order valence-corrected chi connectivity index (χ3v) is 4.54. The largest absolute Gasteiger partial charge is 0.485 e. The van der Waals surface area contributed by atoms with E-state index in [1.165, 1.54) is 0 Å². The number of nitrogens with zero attached hydrogens (tertiary/aromatic N) is 2. The number of ether oxygens (including phenoxy) is 1. The Balaban J connectivity index is 1.57. The Morgan fingerprint density at radius 3 is 2.86 bits per heavy atom. The van der Waals surface area contributed by atoms with E-state index >= 15 is 0 Å². The van der Waals surface area contributed by atoms with Crippen molar-refractivity contribution in [3.63, 3.8) is 0 Å². The summed E-state index contributed by atoms with van der Waals surface area (Å²) in [6.07, 6.45) is 4.35. The van der Waals surface area contributed by atoms with E-state index < -0.39 is 0 Å². The lowest BCUT2D eigenvalue weighted by atomic mass is 10.1. The van der Waals surface area contributed by atoms with E-state index in [-0.39, 0.29) is 18.3 Å². The number of carbonyl (C=O) groups is 1. The van der Waals surface area contributed by atoms with Crippen molar-refractivity contribution >= 4 is 5.91 Å². The quantitative estimate of drug-likeness (QED) is 0.570. The molecule has 6 heteroatoms. The summed E-state index contributed by atoms with van der Waals surface area (Å²) in [5.74, 6) is 1.38. The van der Waals surface area contributed by atoms with E-state index in [1.807, 2.05) is 48.9 Å². The Bertz CT molecular complexity index is 956. The summed E-state index contributed by atoms with van der Waals surface area (Å²) < 4.78 is 13.4. The van der Waals surface area contributed by atoms with Crippen LogP contribution in [0, 0.1) is 6.92 Å². The molecule has 1 aromatic carbocycles. The molecule has 0 unspecified atom stereocenters. The van der Waals surface area contributed by atoms with Gasteiger partial charge in [0.2, 0.25) is 0 Å². The van der Waals surface area contributed by atoms with Crippen molar-refractivity contribution in [1.29, 1.82) is 0 Å². The highest BCUT2D eigenvalue weighted by atomic mass is 16.5. The average Bonchev–Trinajstić information content (AvgIpc) is 3.32. The monoisotopic (exact) mass is 379 g/mol. The molecule has 2 heterocycles. The predicted octanol–water partition coefficient (Wildman–Crippen LogP) is 4.04. The van der Waals surface area contributed by atoms with Gasteiger partial charge in [0, 0.05) is 24.3 Å². The van der Waals surface area contributed by atoms with Crippen molar-refractivity contribution in [2.45, 2.75) is 40.0 Å². The standard InChI is InChI=1S/C22H25N3O3/c1-4-8-17-9-6-7-10-20(17)27-15-19-11-12-21(28-19)22(26)23-13-18-14-24-25(5-2)16(18)3/h4,6-7,9-12,14H,1,5,8,13,15H2,2-3H3,(H,23,26). The zero-order chi connectivity index (χ0) is 19.9. The smallest absolute Gasteiger partial charge is 0.287 e. The van der Waals surface area contributed by atoms with Gasteiger partial charge in [0.05, 0.1) is 6.20 Å². The van der Waals surface area contributed by atoms with E-state index in [0.717, 1.165) is 35.5 Å². The van der Waals surface area contributed by atoms with Gasteiger partial charge in [-0.2, -0.15) is 5.10 Å². The van der Waals surface area contributed by atoms with Crippen LogP contribution in [0.3, 0.4) is 0 Å². The maximum Gasteiger partial charge on any atom is 0.287 e. The highest BCUT2D eigenvalue weighted by Gasteiger charge is 2.13. The second kappa shape index (κ2) is 9.08. The minimum absolute atomic E-state index is 0.254. The van der Waals surface area contributed by atoms with Crippen LogP contribution in [0.25, 0.3) is 0 Å². The van der Waals surface area contributed by atoms with Crippen LogP contribution in [-0.2, 0) is 26.1 Å². The Labute approximate surface area is 164 Å². The van der Waals surface area contributed by atoms with E-state index in [2.05, 4.69) is 17.0 Å². The van der Waals surface area contributed by atoms with Gasteiger partial charge in [0.1, 0.15) is 18.1 Å². The van der Waals surface area contributed by atoms with E-state index in [9.17, 15) is 4.79 Å². The van der Waals surface area contributed by atoms with Crippen LogP contribution >= 0.6 is 0 Å². The first-order chi connectivity index (χ1) is 13.6. The summed E-state index contributed by atoms with van der Waals surface area (Å²) in [4.78, 5) is 12.3. The molecule has 0 aliphatic carbocycles. The van der Waals surface area contributed by atoms with Crippen molar-refractivity contribution in [2.75, 3.05) is 0 Å². The lowest BCUT2D eigenvalue weighted by molar-refractivity contribution is 0.0919. The van der Waals surface area contributed by atoms with Gasteiger partial charge < -0.3 is 14.5 Å². The van der Waals surface area contributed by atoms with Crippen LogP contribution in [-0.4, -0.2) is 15.7 Å². The number of carbonyl (C=O) groups excluding carboxylic acids is 1. The SMILES string of the molecule is C=CCc1ccccc1OCc1ccc(C(=O)NCc2cnn(CC)c2C)o1. The minimum atomic E-state index is -0.262. The number of furan rings is 1. The summed E-state index contributed by atoms with van der Waals surface area (Å²) in [6, 6.07) is 11.2. The van der Waals surface area contributed by atoms with Crippen LogP contribution in [0.15, 0.2) is 59.7 Å². The maximum atomic E-state index is 12.3. The fraction of sp³-hybridized carbons (Fsp3) is 0.273. The number of para-hydroxylation sites is 1. The van der Waals surface area contributed by atoms with Crippen LogP contribution < -0.4 is 10.1 Å². The number of hydrogen-bond donors (Lipinski definition) is 1. The number of allylic oxidation sites excluding steroid dienone is 1. The van der Waals surface area contributed by atoms with Crippen LogP contribution in [0.4, 0.5) is 0 Å². The normalized spacial score (nSPS) is 10.6. The highest BCUT2D eigenvalue weighted by molar-refractivity contribution is 5.91. The summed E-state index contributed by atoms with van der Waals surface area (Å²) >= 11 is 0. The molecular formula is C22H25N3O3. The Hall–Kier alpha value is -3.28. The third kappa shape index (κ3) is 4.52. The molecule has 0 aliphatic heterocycles. The highest BCUT2D eigenvalue weighted by Crippen LogP contribution is 2.21. The average molecular weight is 379 g/mol. The predicted molar refractivity (Wildman–Crippen MR) is 107 cm³/mol. The topological polar surface area (TPSA) is 69.3 Å². The van der Waals surface area contributed by atoms with Gasteiger partial charge in [-0.3, -0.25) is 9.48 Å². The van der Waals surface area contributed by atoms with Crippen molar-refractivity contribution in [1.82, 2.24) is 15.1 Å². The second-order valence-electron chi connectivity index (χ2n) is 6.41. The zero-order valence-corrected chi connectivity index (χ0v) is 16.3. The molecular weight excluding hydrogens is 354 g/mol. The first-order valence-corrected chi connectivity index (χ1v) is 9.32. The molecule has 0 aliphatic rings. The fourth-order valence-corrected chi connectivity index (χ4v) is 2.94. The van der Waals surface area contributed by atoms with E-state index in [1.54, 1.807) is 18.3 Å². The minimum Gasteiger partial charge on any atom is -0.485 e. The number of hydrogen-bond acceptors (Lipinski definition) is 4. The molecule has 0 spiro atoms. The van der Waals surface area contributed by atoms with Gasteiger partial charge in [0.25, 0.3) is 5.91 Å². The van der Waals surface area contributed by atoms with Gasteiger partial charge in [-0.05, 0) is 44.0 Å². The number of aryl methyl sites for hydroxylation is 1. The zero-order valence-electron chi connectivity index (χ0n) is 16.3. The molecule has 3 aromatic rings. The van der Waals surface area contributed by atoms with Gasteiger partial charge in [-0.15, -0.1) is 6.58 Å². The molecule has 1 N–H and O–H groups in total. The van der Waals surface area contributed by atoms with Crippen molar-refractivity contribution in [3.05, 3.63) is 83.6 Å². The third-order valence-electron chi connectivity index (χ3n) is 4.54. The van der Waals surface area contributed by atoms with E-state index in [4.69, 9.17) is 9.15 Å². The molecule has 6 nitrogen and oxygen atoms in total. The maximum absolute atomic E-state index is 12.3. The molecule has 0 bridgehead atoms. The van der Waals surface area contributed by atoms with Crippen molar-refractivity contribution in [3.8, 4) is 5.75 Å². The first kappa shape index (κ1) is 19.5. The molecule has 28 heavy (non-hydrogen) atoms. The second-order valence-corrected chi connectivity index (χ2v) is 6.41. The van der Waals surface area contributed by atoms with Crippen LogP contribution in [0.1, 0.15) is 40.1 Å². The van der Waals surface area contributed by atoms with Gasteiger partial charge in [-0.25, -0.2) is 0 Å². The van der Waals surface area contributed by atoms with E-state index in [0.29, 0.717) is 12.3 Å². The Morgan fingerprint density at radius 2 is 2.11 bits per heavy atom. The number of amides is 1. The summed E-state index contributed by atoms with van der Waals surface area (Å²) in [7, 11) is 0. The summed E-state index contributed by atoms with van der Waals surface area (Å²) in [5, 5.41) is 7.15. The number of aromatic nitrogens is 2. The number of nitrogens with one attached hydrogen (secondary N) is 1. The lowest BCUT2D eigenvalue weighted by Gasteiger charge is -2.09. The molecule has 0 saturated heterocycles. The van der Waals surface area contributed by atoms with Crippen molar-refractivity contribution < 1.29 is 13.9 Å². The fourth-order valence-electron chi connectivity index (χ4n) is 2.94. The number of rotatable bonds is 9. The molecule has 146 valence electrons. The van der Waals surface area contributed by atoms with Crippen LogP contribution in [0.5, 0.6) is 5.75 Å². The molecule has 0 radical (unpaired) electrons. The summed E-state index contributed by atoms with van der Waals surface area (Å²) in [6.45, 7) is 9.25.